The Morgan fingerprint density at radius 1 is 1.20 bits per heavy atom. The summed E-state index contributed by atoms with van der Waals surface area (Å²) in [5.74, 6) is 0.371. The third-order valence-electron chi connectivity index (χ3n) is 6.56. The molecule has 3 aromatic rings. The van der Waals surface area contributed by atoms with Crippen molar-refractivity contribution >= 4 is 23.0 Å². The van der Waals surface area contributed by atoms with Crippen LogP contribution >= 0.6 is 0 Å². The summed E-state index contributed by atoms with van der Waals surface area (Å²) >= 11 is 0. The van der Waals surface area contributed by atoms with Crippen LogP contribution in [0, 0.1) is 0 Å². The Morgan fingerprint density at radius 2 is 1.91 bits per heavy atom. The Labute approximate surface area is 206 Å². The number of carbonyl (C=O) groups excluding carboxylic acids is 1. The molecule has 0 spiro atoms. The number of esters is 1. The van der Waals surface area contributed by atoms with Crippen LogP contribution in [0.3, 0.4) is 0 Å². The van der Waals surface area contributed by atoms with Crippen LogP contribution in [0.4, 0.5) is 5.95 Å². The molecular weight excluding hydrogens is 444 g/mol. The van der Waals surface area contributed by atoms with Gasteiger partial charge in [0.05, 0.1) is 30.3 Å². The highest BCUT2D eigenvalue weighted by molar-refractivity contribution is 6.00. The van der Waals surface area contributed by atoms with Crippen LogP contribution < -0.4 is 4.90 Å². The van der Waals surface area contributed by atoms with Crippen molar-refractivity contribution in [3.8, 4) is 11.1 Å². The van der Waals surface area contributed by atoms with Gasteiger partial charge in [-0.1, -0.05) is 33.1 Å². The standard InChI is InChI=1S/C26H36N6O3/c1-6-35-25(33)21-14-20(18-15-27-26(28-16-18)31(4)12-13-34-5)22-23(17(2)3)30-32(24(22)29-21)19-10-8-7-9-11-19/h14-17,19H,6-13H2,1-5H3. The van der Waals surface area contributed by atoms with Crippen molar-refractivity contribution in [2.75, 3.05) is 38.8 Å². The lowest BCUT2D eigenvalue weighted by Crippen LogP contribution is -2.23. The quantitative estimate of drug-likeness (QED) is 0.404. The molecule has 188 valence electrons. The molecule has 0 amide bonds. The molecule has 1 aliphatic rings. The van der Waals surface area contributed by atoms with Gasteiger partial charge in [0.2, 0.25) is 5.95 Å². The maximum Gasteiger partial charge on any atom is 0.357 e. The Bertz CT molecular complexity index is 1150. The SMILES string of the molecule is CCOC(=O)c1cc(-c2cnc(N(C)CCOC)nc2)c2c(C(C)C)nn(C3CCCCC3)c2n1. The van der Waals surface area contributed by atoms with Crippen LogP contribution in [0.15, 0.2) is 18.5 Å². The highest BCUT2D eigenvalue weighted by Gasteiger charge is 2.27. The predicted molar refractivity (Wildman–Crippen MR) is 136 cm³/mol. The average molecular weight is 481 g/mol. The second-order valence-electron chi connectivity index (χ2n) is 9.44. The van der Waals surface area contributed by atoms with E-state index in [1.807, 2.05) is 11.9 Å². The molecule has 0 N–H and O–H groups in total. The van der Waals surface area contributed by atoms with Gasteiger partial charge in [0.15, 0.2) is 11.3 Å². The van der Waals surface area contributed by atoms with E-state index in [1.165, 1.54) is 19.3 Å². The second kappa shape index (κ2) is 11.1. The van der Waals surface area contributed by atoms with Crippen molar-refractivity contribution in [3.63, 3.8) is 0 Å². The number of pyridine rings is 1. The molecule has 0 atom stereocenters. The van der Waals surface area contributed by atoms with Crippen LogP contribution in [-0.4, -0.2) is 64.6 Å². The first-order valence-corrected chi connectivity index (χ1v) is 12.6. The van der Waals surface area contributed by atoms with Gasteiger partial charge in [-0.05, 0) is 31.7 Å². The number of likely N-dealkylation sites (N-methyl/N-ethyl adjacent to an activating group) is 1. The fourth-order valence-corrected chi connectivity index (χ4v) is 4.67. The van der Waals surface area contributed by atoms with Crippen molar-refractivity contribution < 1.29 is 14.3 Å². The minimum Gasteiger partial charge on any atom is -0.461 e. The first-order chi connectivity index (χ1) is 16.9. The largest absolute Gasteiger partial charge is 0.461 e. The van der Waals surface area contributed by atoms with Crippen LogP contribution in [0.25, 0.3) is 22.2 Å². The molecule has 9 nitrogen and oxygen atoms in total. The molecular formula is C26H36N6O3. The zero-order chi connectivity index (χ0) is 24.9. The van der Waals surface area contributed by atoms with Crippen LogP contribution in [0.2, 0.25) is 0 Å². The molecule has 0 aliphatic heterocycles. The van der Waals surface area contributed by atoms with Crippen molar-refractivity contribution in [3.05, 3.63) is 29.8 Å². The predicted octanol–water partition coefficient (Wildman–Crippen LogP) is 4.78. The van der Waals surface area contributed by atoms with Gasteiger partial charge in [0.1, 0.15) is 0 Å². The van der Waals surface area contributed by atoms with E-state index in [-0.39, 0.29) is 17.7 Å². The zero-order valence-electron chi connectivity index (χ0n) is 21.5. The molecule has 1 aliphatic carbocycles. The second-order valence-corrected chi connectivity index (χ2v) is 9.44. The first-order valence-electron chi connectivity index (χ1n) is 12.6. The van der Waals surface area contributed by atoms with E-state index >= 15 is 0 Å². The average Bonchev–Trinajstić information content (AvgIpc) is 3.27. The Hall–Kier alpha value is -3.07. The van der Waals surface area contributed by atoms with E-state index in [4.69, 9.17) is 19.6 Å². The zero-order valence-corrected chi connectivity index (χ0v) is 21.5. The monoisotopic (exact) mass is 480 g/mol. The number of rotatable bonds is 9. The van der Waals surface area contributed by atoms with Gasteiger partial charge < -0.3 is 14.4 Å². The van der Waals surface area contributed by atoms with E-state index < -0.39 is 5.97 Å². The lowest BCUT2D eigenvalue weighted by molar-refractivity contribution is 0.0520. The van der Waals surface area contributed by atoms with Gasteiger partial charge in [0.25, 0.3) is 0 Å². The Kier molecular flexibility index (Phi) is 7.95. The smallest absolute Gasteiger partial charge is 0.357 e. The van der Waals surface area contributed by atoms with Gasteiger partial charge in [-0.25, -0.2) is 24.4 Å². The molecule has 0 bridgehead atoms. The van der Waals surface area contributed by atoms with Crippen molar-refractivity contribution in [1.82, 2.24) is 24.7 Å². The highest BCUT2D eigenvalue weighted by Crippen LogP contribution is 2.38. The van der Waals surface area contributed by atoms with Gasteiger partial charge in [-0.2, -0.15) is 5.10 Å². The van der Waals surface area contributed by atoms with Gasteiger partial charge >= 0.3 is 5.97 Å². The number of nitrogens with zero attached hydrogens (tertiary/aromatic N) is 6. The maximum atomic E-state index is 12.8. The third kappa shape index (κ3) is 5.29. The number of carbonyl (C=O) groups is 1. The minimum absolute atomic E-state index is 0.191. The van der Waals surface area contributed by atoms with Crippen molar-refractivity contribution in [2.45, 2.75) is 64.8 Å². The van der Waals surface area contributed by atoms with E-state index in [1.54, 1.807) is 32.5 Å². The van der Waals surface area contributed by atoms with Crippen molar-refractivity contribution in [1.29, 1.82) is 0 Å². The van der Waals surface area contributed by atoms with Gasteiger partial charge in [0, 0.05) is 44.2 Å². The summed E-state index contributed by atoms with van der Waals surface area (Å²) < 4.78 is 12.5. The number of ether oxygens (including phenoxy) is 2. The number of methoxy groups -OCH3 is 1. The number of hydrogen-bond acceptors (Lipinski definition) is 8. The number of aromatic nitrogens is 5. The summed E-state index contributed by atoms with van der Waals surface area (Å²) in [6, 6.07) is 2.08. The molecule has 0 unspecified atom stereocenters. The summed E-state index contributed by atoms with van der Waals surface area (Å²) in [5, 5.41) is 6.02. The molecule has 4 rings (SSSR count). The van der Waals surface area contributed by atoms with Crippen molar-refractivity contribution in [2.24, 2.45) is 0 Å². The molecule has 9 heteroatoms. The van der Waals surface area contributed by atoms with E-state index in [0.717, 1.165) is 40.7 Å². The maximum absolute atomic E-state index is 12.8. The lowest BCUT2D eigenvalue weighted by Gasteiger charge is -2.22. The van der Waals surface area contributed by atoms with E-state index in [9.17, 15) is 4.79 Å². The van der Waals surface area contributed by atoms with Gasteiger partial charge in [-0.15, -0.1) is 0 Å². The van der Waals surface area contributed by atoms with E-state index in [2.05, 4.69) is 28.5 Å². The summed E-state index contributed by atoms with van der Waals surface area (Å²) in [6.45, 7) is 7.65. The van der Waals surface area contributed by atoms with Gasteiger partial charge in [-0.3, -0.25) is 0 Å². The fraction of sp³-hybridized carbons (Fsp3) is 0.577. The molecule has 0 radical (unpaired) electrons. The topological polar surface area (TPSA) is 95.3 Å². The summed E-state index contributed by atoms with van der Waals surface area (Å²) in [7, 11) is 3.61. The molecule has 1 saturated carbocycles. The molecule has 35 heavy (non-hydrogen) atoms. The minimum atomic E-state index is -0.435. The number of hydrogen-bond donors (Lipinski definition) is 0. The Balaban J connectivity index is 1.87. The molecule has 0 aromatic carbocycles. The Morgan fingerprint density at radius 3 is 2.54 bits per heavy atom. The summed E-state index contributed by atoms with van der Waals surface area (Å²) in [5.41, 5.74) is 3.67. The molecule has 3 heterocycles. The molecule has 1 fully saturated rings. The van der Waals surface area contributed by atoms with Crippen LogP contribution in [-0.2, 0) is 9.47 Å². The summed E-state index contributed by atoms with van der Waals surface area (Å²) in [6.07, 6.45) is 9.36. The molecule has 0 saturated heterocycles. The van der Waals surface area contributed by atoms with Crippen LogP contribution in [0.1, 0.15) is 81.0 Å². The summed E-state index contributed by atoms with van der Waals surface area (Å²) in [4.78, 5) is 28.7. The number of fused-ring (bicyclic) bond motifs is 1. The third-order valence-corrected chi connectivity index (χ3v) is 6.56. The highest BCUT2D eigenvalue weighted by atomic mass is 16.5. The van der Waals surface area contributed by atoms with Crippen LogP contribution in [0.5, 0.6) is 0 Å². The fourth-order valence-electron chi connectivity index (χ4n) is 4.67. The van der Waals surface area contributed by atoms with E-state index in [0.29, 0.717) is 25.7 Å². The lowest BCUT2D eigenvalue weighted by atomic mass is 9.95. The first kappa shape index (κ1) is 25.0. The number of anilines is 1. The normalized spacial score (nSPS) is 14.6. The molecule has 3 aromatic heterocycles.